The van der Waals surface area contributed by atoms with E-state index >= 15 is 0 Å². The molecule has 5 nitrogen and oxygen atoms in total. The molecule has 1 atom stereocenters. The summed E-state index contributed by atoms with van der Waals surface area (Å²) in [5, 5.41) is 0.745. The van der Waals surface area contributed by atoms with Crippen LogP contribution >= 0.6 is 23.4 Å². The molecule has 27 heavy (non-hydrogen) atoms. The van der Waals surface area contributed by atoms with Gasteiger partial charge in [0.1, 0.15) is 11.7 Å². The Balaban J connectivity index is 1.43. The number of amides is 1. The summed E-state index contributed by atoms with van der Waals surface area (Å²) < 4.78 is 6.02. The lowest BCUT2D eigenvalue weighted by Gasteiger charge is -2.36. The van der Waals surface area contributed by atoms with E-state index in [1.165, 1.54) is 0 Å². The highest BCUT2D eigenvalue weighted by atomic mass is 35.5. The molecule has 1 amide bonds. The average Bonchev–Trinajstić information content (AvgIpc) is 3.22. The minimum atomic E-state index is -0.0115. The number of ether oxygens (including phenoxy) is 1. The van der Waals surface area contributed by atoms with E-state index in [2.05, 4.69) is 9.88 Å². The highest BCUT2D eigenvalue weighted by Gasteiger charge is 2.27. The quantitative estimate of drug-likeness (QED) is 0.780. The van der Waals surface area contributed by atoms with Crippen LogP contribution in [0.3, 0.4) is 0 Å². The van der Waals surface area contributed by atoms with Gasteiger partial charge >= 0.3 is 0 Å². The number of halogens is 1. The molecule has 0 bridgehead atoms. The molecule has 4 rings (SSSR count). The predicted molar refractivity (Wildman–Crippen MR) is 110 cm³/mol. The summed E-state index contributed by atoms with van der Waals surface area (Å²) in [5.74, 6) is 2.51. The van der Waals surface area contributed by atoms with Gasteiger partial charge in [-0.1, -0.05) is 23.7 Å². The van der Waals surface area contributed by atoms with Crippen molar-refractivity contribution in [3.05, 3.63) is 53.2 Å². The van der Waals surface area contributed by atoms with Gasteiger partial charge in [0.25, 0.3) is 5.91 Å². The molecule has 142 valence electrons. The van der Waals surface area contributed by atoms with Crippen LogP contribution in [0.4, 0.5) is 5.69 Å². The normalized spacial score (nSPS) is 20.0. The third-order valence-corrected chi connectivity index (χ3v) is 6.38. The molecule has 1 aromatic carbocycles. The predicted octanol–water partition coefficient (Wildman–Crippen LogP) is 3.58. The van der Waals surface area contributed by atoms with Crippen LogP contribution in [0.2, 0.25) is 5.02 Å². The second kappa shape index (κ2) is 8.40. The van der Waals surface area contributed by atoms with Gasteiger partial charge in [-0.2, -0.15) is 11.8 Å². The summed E-state index contributed by atoms with van der Waals surface area (Å²) in [6.45, 7) is 2.81. The molecule has 2 fully saturated rings. The second-order valence-corrected chi connectivity index (χ2v) is 8.25. The van der Waals surface area contributed by atoms with E-state index in [1.807, 2.05) is 47.0 Å². The number of anilines is 1. The van der Waals surface area contributed by atoms with Crippen molar-refractivity contribution < 1.29 is 9.53 Å². The first-order chi connectivity index (χ1) is 13.2. The van der Waals surface area contributed by atoms with E-state index in [0.29, 0.717) is 24.5 Å². The van der Waals surface area contributed by atoms with Crippen LogP contribution in [0.5, 0.6) is 5.88 Å². The Labute approximate surface area is 168 Å². The van der Waals surface area contributed by atoms with Crippen molar-refractivity contribution in [2.45, 2.75) is 12.5 Å². The fraction of sp³-hybridized carbons (Fsp3) is 0.400. The van der Waals surface area contributed by atoms with Gasteiger partial charge in [0.15, 0.2) is 0 Å². The SMILES string of the molecule is O=C(c1cccnc1OC1CCSC1)N1CCN(c2ccccc2Cl)CC1. The number of piperazine rings is 1. The zero-order chi connectivity index (χ0) is 18.6. The molecule has 0 spiro atoms. The number of hydrogen-bond donors (Lipinski definition) is 0. The first-order valence-electron chi connectivity index (χ1n) is 9.20. The maximum absolute atomic E-state index is 13.1. The minimum absolute atomic E-state index is 0.0115. The summed E-state index contributed by atoms with van der Waals surface area (Å²) >= 11 is 8.18. The number of benzene rings is 1. The van der Waals surface area contributed by atoms with Crippen LogP contribution < -0.4 is 9.64 Å². The monoisotopic (exact) mass is 403 g/mol. The fourth-order valence-electron chi connectivity index (χ4n) is 3.44. The molecule has 1 aromatic heterocycles. The van der Waals surface area contributed by atoms with Crippen molar-refractivity contribution in [2.24, 2.45) is 0 Å². The number of carbonyl (C=O) groups excluding carboxylic acids is 1. The van der Waals surface area contributed by atoms with E-state index in [0.717, 1.165) is 41.7 Å². The number of nitrogens with zero attached hydrogens (tertiary/aromatic N) is 3. The highest BCUT2D eigenvalue weighted by molar-refractivity contribution is 7.99. The number of aromatic nitrogens is 1. The molecule has 0 N–H and O–H groups in total. The van der Waals surface area contributed by atoms with Crippen molar-refractivity contribution in [1.29, 1.82) is 0 Å². The zero-order valence-corrected chi connectivity index (χ0v) is 16.6. The Kier molecular flexibility index (Phi) is 5.74. The molecule has 2 saturated heterocycles. The van der Waals surface area contributed by atoms with Crippen molar-refractivity contribution >= 4 is 35.0 Å². The topological polar surface area (TPSA) is 45.7 Å². The Hall–Kier alpha value is -1.92. The van der Waals surface area contributed by atoms with Gasteiger partial charge in [-0.05, 0) is 36.4 Å². The maximum Gasteiger partial charge on any atom is 0.259 e. The van der Waals surface area contributed by atoms with Gasteiger partial charge in [0.05, 0.1) is 10.7 Å². The van der Waals surface area contributed by atoms with E-state index in [9.17, 15) is 4.79 Å². The van der Waals surface area contributed by atoms with Crippen molar-refractivity contribution in [3.8, 4) is 5.88 Å². The summed E-state index contributed by atoms with van der Waals surface area (Å²) in [6, 6.07) is 11.4. The molecule has 2 aliphatic heterocycles. The highest BCUT2D eigenvalue weighted by Crippen LogP contribution is 2.28. The molecule has 7 heteroatoms. The molecule has 2 aromatic rings. The Bertz CT molecular complexity index is 805. The largest absolute Gasteiger partial charge is 0.473 e. The van der Waals surface area contributed by atoms with E-state index < -0.39 is 0 Å². The average molecular weight is 404 g/mol. The third kappa shape index (κ3) is 4.17. The van der Waals surface area contributed by atoms with Crippen LogP contribution in [-0.2, 0) is 0 Å². The van der Waals surface area contributed by atoms with Crippen LogP contribution in [0.25, 0.3) is 0 Å². The lowest BCUT2D eigenvalue weighted by molar-refractivity contribution is 0.0738. The molecular formula is C20H22ClN3O2S. The Morgan fingerprint density at radius 2 is 1.96 bits per heavy atom. The first-order valence-corrected chi connectivity index (χ1v) is 10.7. The van der Waals surface area contributed by atoms with Gasteiger partial charge in [0.2, 0.25) is 5.88 Å². The second-order valence-electron chi connectivity index (χ2n) is 6.69. The Morgan fingerprint density at radius 3 is 2.70 bits per heavy atom. The maximum atomic E-state index is 13.1. The van der Waals surface area contributed by atoms with E-state index in [1.54, 1.807) is 12.3 Å². The fourth-order valence-corrected chi connectivity index (χ4v) is 4.79. The molecule has 3 heterocycles. The first kappa shape index (κ1) is 18.4. The number of carbonyl (C=O) groups is 1. The van der Waals surface area contributed by atoms with Crippen LogP contribution in [0.1, 0.15) is 16.8 Å². The van der Waals surface area contributed by atoms with Gasteiger partial charge < -0.3 is 14.5 Å². The minimum Gasteiger partial charge on any atom is -0.473 e. The molecular weight excluding hydrogens is 382 g/mol. The number of hydrogen-bond acceptors (Lipinski definition) is 5. The smallest absolute Gasteiger partial charge is 0.259 e. The summed E-state index contributed by atoms with van der Waals surface area (Å²) in [4.78, 5) is 21.5. The zero-order valence-electron chi connectivity index (χ0n) is 15.0. The third-order valence-electron chi connectivity index (χ3n) is 4.93. The number of para-hydroxylation sites is 1. The summed E-state index contributed by atoms with van der Waals surface area (Å²) in [5.41, 5.74) is 1.58. The number of pyridine rings is 1. The van der Waals surface area contributed by atoms with Crippen LogP contribution in [0.15, 0.2) is 42.6 Å². The number of thioether (sulfide) groups is 1. The van der Waals surface area contributed by atoms with Crippen molar-refractivity contribution in [2.75, 3.05) is 42.6 Å². The van der Waals surface area contributed by atoms with Crippen molar-refractivity contribution in [1.82, 2.24) is 9.88 Å². The lowest BCUT2D eigenvalue weighted by atomic mass is 10.2. The molecule has 2 aliphatic rings. The van der Waals surface area contributed by atoms with Gasteiger partial charge in [-0.25, -0.2) is 4.98 Å². The molecule has 0 radical (unpaired) electrons. The summed E-state index contributed by atoms with van der Waals surface area (Å²) in [6.07, 6.45) is 2.84. The van der Waals surface area contributed by atoms with Gasteiger partial charge in [-0.15, -0.1) is 0 Å². The Morgan fingerprint density at radius 1 is 1.15 bits per heavy atom. The van der Waals surface area contributed by atoms with Gasteiger partial charge in [0, 0.05) is 38.1 Å². The van der Waals surface area contributed by atoms with Crippen LogP contribution in [0, 0.1) is 0 Å². The molecule has 0 aliphatic carbocycles. The molecule has 0 saturated carbocycles. The van der Waals surface area contributed by atoms with Crippen LogP contribution in [-0.4, -0.2) is 59.6 Å². The van der Waals surface area contributed by atoms with E-state index in [-0.39, 0.29) is 12.0 Å². The number of rotatable bonds is 4. The van der Waals surface area contributed by atoms with Gasteiger partial charge in [-0.3, -0.25) is 4.79 Å². The molecule has 1 unspecified atom stereocenters. The van der Waals surface area contributed by atoms with Crippen molar-refractivity contribution in [3.63, 3.8) is 0 Å². The lowest BCUT2D eigenvalue weighted by Crippen LogP contribution is -2.49. The summed E-state index contributed by atoms with van der Waals surface area (Å²) in [7, 11) is 0. The van der Waals surface area contributed by atoms with E-state index in [4.69, 9.17) is 16.3 Å². The standard InChI is InChI=1S/C20H22ClN3O2S/c21-17-5-1-2-6-18(17)23-9-11-24(12-10-23)20(25)16-4-3-8-22-19(16)26-15-7-13-27-14-15/h1-6,8,15H,7,9-14H2.